The minimum Gasteiger partial charge on any atom is -0.298 e. The van der Waals surface area contributed by atoms with Gasteiger partial charge in [0.05, 0.1) is 11.6 Å². The molecule has 1 aromatic rings. The van der Waals surface area contributed by atoms with Gasteiger partial charge in [-0.25, -0.2) is 4.98 Å². The number of carbonyl (C=O) groups excluding carboxylic acids is 1. The average Bonchev–Trinajstić information content (AvgIpc) is 2.16. The Bertz CT molecular complexity index is 343. The summed E-state index contributed by atoms with van der Waals surface area (Å²) in [6.07, 6.45) is 0.665. The predicted molar refractivity (Wildman–Crippen MR) is 43.9 cm³/mol. The molecule has 0 bridgehead atoms. The van der Waals surface area contributed by atoms with Crippen molar-refractivity contribution in [1.29, 1.82) is 5.26 Å². The Balaban J connectivity index is 3.21. The molecule has 0 amide bonds. The number of aldehydes is 1. The molecule has 0 aromatic carbocycles. The van der Waals surface area contributed by atoms with Crippen LogP contribution in [0.25, 0.3) is 0 Å². The molecule has 0 aliphatic heterocycles. The molecule has 0 saturated carbocycles. The average molecular weight is 181 g/mol. The van der Waals surface area contributed by atoms with Gasteiger partial charge in [0.15, 0.2) is 0 Å². The first kappa shape index (κ1) is 8.69. The molecule has 0 saturated heterocycles. The number of hydrogen-bond donors (Lipinski definition) is 0. The van der Waals surface area contributed by atoms with Gasteiger partial charge in [-0.2, -0.15) is 5.26 Å². The molecule has 1 heterocycles. The Morgan fingerprint density at radius 3 is 2.92 bits per heavy atom. The minimum atomic E-state index is 0.205. The Labute approximate surface area is 74.6 Å². The summed E-state index contributed by atoms with van der Waals surface area (Å²) >= 11 is 5.50. The molecule has 0 spiro atoms. The van der Waals surface area contributed by atoms with Crippen LogP contribution in [0, 0.1) is 11.3 Å². The third kappa shape index (κ3) is 1.80. The van der Waals surface area contributed by atoms with E-state index in [0.717, 1.165) is 0 Å². The lowest BCUT2D eigenvalue weighted by Gasteiger charge is -1.96. The first-order valence-corrected chi connectivity index (χ1v) is 3.76. The second kappa shape index (κ2) is 3.84. The zero-order valence-electron chi connectivity index (χ0n) is 6.12. The number of aromatic nitrogens is 1. The summed E-state index contributed by atoms with van der Waals surface area (Å²) < 4.78 is 0. The van der Waals surface area contributed by atoms with Crippen LogP contribution < -0.4 is 0 Å². The fourth-order valence-electron chi connectivity index (χ4n) is 0.805. The van der Waals surface area contributed by atoms with E-state index in [1.807, 2.05) is 6.07 Å². The number of halogens is 1. The quantitative estimate of drug-likeness (QED) is 0.512. The van der Waals surface area contributed by atoms with E-state index in [9.17, 15) is 4.79 Å². The third-order valence-electron chi connectivity index (χ3n) is 1.29. The monoisotopic (exact) mass is 180 g/mol. The molecule has 0 unspecified atom stereocenters. The Morgan fingerprint density at radius 2 is 2.42 bits per heavy atom. The van der Waals surface area contributed by atoms with Gasteiger partial charge in [-0.3, -0.25) is 4.79 Å². The van der Waals surface area contributed by atoms with Crippen LogP contribution in [0.4, 0.5) is 0 Å². The number of nitrogens with zero attached hydrogens (tertiary/aromatic N) is 2. The summed E-state index contributed by atoms with van der Waals surface area (Å²) in [6.45, 7) is 0. The molecule has 0 radical (unpaired) electrons. The SMILES string of the molecule is N#Cc1cc(C=O)cc(CCl)n1. The van der Waals surface area contributed by atoms with Crippen LogP contribution in [-0.2, 0) is 5.88 Å². The standard InChI is InChI=1S/C8H5ClN2O/c9-3-7-1-6(5-12)2-8(4-10)11-7/h1-2,5H,3H2. The van der Waals surface area contributed by atoms with Gasteiger partial charge < -0.3 is 0 Å². The van der Waals surface area contributed by atoms with Crippen LogP contribution in [0.5, 0.6) is 0 Å². The second-order valence-corrected chi connectivity index (χ2v) is 2.41. The zero-order chi connectivity index (χ0) is 8.97. The number of pyridine rings is 1. The van der Waals surface area contributed by atoms with Gasteiger partial charge in [-0.15, -0.1) is 11.6 Å². The van der Waals surface area contributed by atoms with Crippen LogP contribution in [0.3, 0.4) is 0 Å². The van der Waals surface area contributed by atoms with Crippen molar-refractivity contribution in [3.05, 3.63) is 29.1 Å². The van der Waals surface area contributed by atoms with Gasteiger partial charge in [-0.05, 0) is 12.1 Å². The molecule has 4 heteroatoms. The van der Waals surface area contributed by atoms with Crippen LogP contribution in [0.2, 0.25) is 0 Å². The molecule has 0 aliphatic carbocycles. The predicted octanol–water partition coefficient (Wildman–Crippen LogP) is 1.50. The van der Waals surface area contributed by atoms with E-state index in [1.54, 1.807) is 6.07 Å². The number of rotatable bonds is 2. The highest BCUT2D eigenvalue weighted by molar-refractivity contribution is 6.16. The molecular formula is C8H5ClN2O. The Morgan fingerprint density at radius 1 is 1.67 bits per heavy atom. The Hall–Kier alpha value is -1.40. The van der Waals surface area contributed by atoms with E-state index in [0.29, 0.717) is 17.5 Å². The molecule has 0 fully saturated rings. The Kier molecular flexibility index (Phi) is 2.78. The lowest BCUT2D eigenvalue weighted by atomic mass is 10.2. The maximum atomic E-state index is 10.4. The summed E-state index contributed by atoms with van der Waals surface area (Å²) in [5.74, 6) is 0.205. The highest BCUT2D eigenvalue weighted by atomic mass is 35.5. The van der Waals surface area contributed by atoms with Crippen molar-refractivity contribution >= 4 is 17.9 Å². The molecule has 0 atom stereocenters. The van der Waals surface area contributed by atoms with Gasteiger partial charge >= 0.3 is 0 Å². The topological polar surface area (TPSA) is 53.8 Å². The van der Waals surface area contributed by atoms with Gasteiger partial charge in [0.2, 0.25) is 0 Å². The smallest absolute Gasteiger partial charge is 0.150 e. The van der Waals surface area contributed by atoms with Crippen LogP contribution in [0.1, 0.15) is 21.7 Å². The summed E-state index contributed by atoms with van der Waals surface area (Å²) in [4.78, 5) is 14.2. The van der Waals surface area contributed by atoms with Gasteiger partial charge in [0.25, 0.3) is 0 Å². The molecular weight excluding hydrogens is 176 g/mol. The van der Waals surface area contributed by atoms with E-state index in [-0.39, 0.29) is 11.6 Å². The van der Waals surface area contributed by atoms with Crippen molar-refractivity contribution in [2.75, 3.05) is 0 Å². The molecule has 1 aromatic heterocycles. The van der Waals surface area contributed by atoms with E-state index in [2.05, 4.69) is 4.98 Å². The second-order valence-electron chi connectivity index (χ2n) is 2.14. The molecule has 12 heavy (non-hydrogen) atoms. The summed E-state index contributed by atoms with van der Waals surface area (Å²) in [7, 11) is 0. The van der Waals surface area contributed by atoms with E-state index in [1.165, 1.54) is 6.07 Å². The maximum Gasteiger partial charge on any atom is 0.150 e. The number of alkyl halides is 1. The normalized spacial score (nSPS) is 9.00. The first-order valence-electron chi connectivity index (χ1n) is 3.22. The van der Waals surface area contributed by atoms with Gasteiger partial charge in [0.1, 0.15) is 18.0 Å². The van der Waals surface area contributed by atoms with Crippen molar-refractivity contribution in [3.63, 3.8) is 0 Å². The summed E-state index contributed by atoms with van der Waals surface area (Å²) in [6, 6.07) is 4.82. The molecule has 60 valence electrons. The highest BCUT2D eigenvalue weighted by Gasteiger charge is 1.99. The fourth-order valence-corrected chi connectivity index (χ4v) is 0.942. The number of carbonyl (C=O) groups is 1. The lowest BCUT2D eigenvalue weighted by molar-refractivity contribution is 0.112. The molecule has 1 rings (SSSR count). The van der Waals surface area contributed by atoms with Crippen molar-refractivity contribution in [1.82, 2.24) is 4.98 Å². The zero-order valence-corrected chi connectivity index (χ0v) is 6.88. The van der Waals surface area contributed by atoms with E-state index < -0.39 is 0 Å². The number of hydrogen-bond acceptors (Lipinski definition) is 3. The van der Waals surface area contributed by atoms with Crippen molar-refractivity contribution in [2.24, 2.45) is 0 Å². The maximum absolute atomic E-state index is 10.4. The van der Waals surface area contributed by atoms with Crippen molar-refractivity contribution < 1.29 is 4.79 Å². The first-order chi connectivity index (χ1) is 5.80. The fraction of sp³-hybridized carbons (Fsp3) is 0.125. The van der Waals surface area contributed by atoms with Crippen molar-refractivity contribution in [3.8, 4) is 6.07 Å². The van der Waals surface area contributed by atoms with Crippen LogP contribution >= 0.6 is 11.6 Å². The highest BCUT2D eigenvalue weighted by Crippen LogP contribution is 2.05. The lowest BCUT2D eigenvalue weighted by Crippen LogP contribution is -1.92. The summed E-state index contributed by atoms with van der Waals surface area (Å²) in [5, 5.41) is 8.51. The van der Waals surface area contributed by atoms with Gasteiger partial charge in [-0.1, -0.05) is 0 Å². The van der Waals surface area contributed by atoms with Crippen LogP contribution in [-0.4, -0.2) is 11.3 Å². The van der Waals surface area contributed by atoms with Crippen molar-refractivity contribution in [2.45, 2.75) is 5.88 Å². The number of nitriles is 1. The van der Waals surface area contributed by atoms with E-state index in [4.69, 9.17) is 16.9 Å². The summed E-state index contributed by atoms with van der Waals surface area (Å²) in [5.41, 5.74) is 1.19. The van der Waals surface area contributed by atoms with E-state index >= 15 is 0 Å². The molecule has 3 nitrogen and oxygen atoms in total. The van der Waals surface area contributed by atoms with Gasteiger partial charge in [0, 0.05) is 5.56 Å². The largest absolute Gasteiger partial charge is 0.298 e. The molecule has 0 aliphatic rings. The van der Waals surface area contributed by atoms with Crippen LogP contribution in [0.15, 0.2) is 12.1 Å². The minimum absolute atomic E-state index is 0.205. The third-order valence-corrected chi connectivity index (χ3v) is 1.56. The molecule has 0 N–H and O–H groups in total.